The Kier molecular flexibility index (Phi) is 7.09. The van der Waals surface area contributed by atoms with Gasteiger partial charge < -0.3 is 14.8 Å². The van der Waals surface area contributed by atoms with Crippen LogP contribution in [0.5, 0.6) is 0 Å². The highest BCUT2D eigenvalue weighted by Gasteiger charge is 2.23. The smallest absolute Gasteiger partial charge is 0.0723 e. The van der Waals surface area contributed by atoms with Crippen molar-refractivity contribution in [3.63, 3.8) is 0 Å². The molecule has 3 heteroatoms. The van der Waals surface area contributed by atoms with E-state index in [1.54, 1.807) is 0 Å². The van der Waals surface area contributed by atoms with E-state index in [2.05, 4.69) is 33.0 Å². The molecule has 0 aromatic heterocycles. The van der Waals surface area contributed by atoms with Crippen molar-refractivity contribution >= 4 is 0 Å². The molecule has 1 atom stereocenters. The summed E-state index contributed by atoms with van der Waals surface area (Å²) in [5, 5.41) is 3.53. The molecule has 0 aromatic rings. The van der Waals surface area contributed by atoms with Crippen LogP contribution in [0.15, 0.2) is 0 Å². The standard InChI is InChI=1S/C14H29NO2/c1-11(2)10-16-7-8-17-14(12(3)4)9-15-13-5-6-13/h11-15H,5-10H2,1-4H3. The minimum Gasteiger partial charge on any atom is -0.379 e. The first-order chi connectivity index (χ1) is 8.09. The minimum absolute atomic E-state index is 0.318. The van der Waals surface area contributed by atoms with E-state index >= 15 is 0 Å². The van der Waals surface area contributed by atoms with Crippen molar-refractivity contribution in [1.82, 2.24) is 5.32 Å². The molecule has 1 N–H and O–H groups in total. The van der Waals surface area contributed by atoms with Gasteiger partial charge in [-0.2, -0.15) is 0 Å². The summed E-state index contributed by atoms with van der Waals surface area (Å²) in [6.07, 6.45) is 2.99. The first kappa shape index (κ1) is 14.9. The number of rotatable bonds is 10. The van der Waals surface area contributed by atoms with E-state index in [0.29, 0.717) is 31.2 Å². The van der Waals surface area contributed by atoms with Gasteiger partial charge >= 0.3 is 0 Å². The summed E-state index contributed by atoms with van der Waals surface area (Å²) in [6.45, 7) is 12.0. The molecule has 1 rings (SSSR count). The van der Waals surface area contributed by atoms with Crippen LogP contribution in [0.2, 0.25) is 0 Å². The van der Waals surface area contributed by atoms with Crippen LogP contribution >= 0.6 is 0 Å². The van der Waals surface area contributed by atoms with Crippen LogP contribution in [0.4, 0.5) is 0 Å². The Balaban J connectivity index is 2.02. The highest BCUT2D eigenvalue weighted by molar-refractivity contribution is 4.82. The van der Waals surface area contributed by atoms with Crippen molar-refractivity contribution in [2.24, 2.45) is 11.8 Å². The van der Waals surface area contributed by atoms with Gasteiger partial charge in [-0.3, -0.25) is 0 Å². The average Bonchev–Trinajstić information content (AvgIpc) is 3.04. The van der Waals surface area contributed by atoms with Gasteiger partial charge in [-0.1, -0.05) is 27.7 Å². The highest BCUT2D eigenvalue weighted by Crippen LogP contribution is 2.19. The lowest BCUT2D eigenvalue weighted by Crippen LogP contribution is -2.35. The zero-order valence-corrected chi connectivity index (χ0v) is 11.9. The summed E-state index contributed by atoms with van der Waals surface area (Å²) in [6, 6.07) is 0.761. The van der Waals surface area contributed by atoms with Crippen LogP contribution in [0.1, 0.15) is 40.5 Å². The molecule has 1 unspecified atom stereocenters. The predicted octanol–water partition coefficient (Wildman–Crippen LogP) is 2.45. The van der Waals surface area contributed by atoms with Crippen LogP contribution in [-0.2, 0) is 9.47 Å². The normalized spacial score (nSPS) is 18.0. The summed E-state index contributed by atoms with van der Waals surface area (Å²) in [5.41, 5.74) is 0. The molecule has 0 bridgehead atoms. The van der Waals surface area contributed by atoms with Gasteiger partial charge in [-0.25, -0.2) is 0 Å². The third kappa shape index (κ3) is 7.74. The maximum atomic E-state index is 5.88. The molecule has 0 amide bonds. The van der Waals surface area contributed by atoms with Gasteiger partial charge in [0.1, 0.15) is 0 Å². The molecule has 0 radical (unpaired) electrons. The van der Waals surface area contributed by atoms with Gasteiger partial charge in [0.2, 0.25) is 0 Å². The lowest BCUT2D eigenvalue weighted by atomic mass is 10.1. The van der Waals surface area contributed by atoms with E-state index in [1.807, 2.05) is 0 Å². The van der Waals surface area contributed by atoms with Crippen molar-refractivity contribution in [2.75, 3.05) is 26.4 Å². The second kappa shape index (κ2) is 8.06. The van der Waals surface area contributed by atoms with E-state index in [-0.39, 0.29) is 0 Å². The Morgan fingerprint density at radius 1 is 1.12 bits per heavy atom. The Bertz CT molecular complexity index is 191. The lowest BCUT2D eigenvalue weighted by molar-refractivity contribution is -0.0181. The van der Waals surface area contributed by atoms with E-state index in [4.69, 9.17) is 9.47 Å². The van der Waals surface area contributed by atoms with Crippen molar-refractivity contribution in [2.45, 2.75) is 52.7 Å². The summed E-state index contributed by atoms with van der Waals surface area (Å²) in [4.78, 5) is 0. The Labute approximate surface area is 106 Å². The summed E-state index contributed by atoms with van der Waals surface area (Å²) in [5.74, 6) is 1.17. The number of hydrogen-bond acceptors (Lipinski definition) is 3. The molecule has 1 aliphatic rings. The molecule has 0 heterocycles. The number of ether oxygens (including phenoxy) is 2. The quantitative estimate of drug-likeness (QED) is 0.598. The van der Waals surface area contributed by atoms with Gasteiger partial charge in [0.05, 0.1) is 19.3 Å². The molecule has 1 saturated carbocycles. The van der Waals surface area contributed by atoms with Gasteiger partial charge in [0.15, 0.2) is 0 Å². The first-order valence-corrected chi connectivity index (χ1v) is 7.02. The first-order valence-electron chi connectivity index (χ1n) is 7.02. The summed E-state index contributed by atoms with van der Waals surface area (Å²) >= 11 is 0. The van der Waals surface area contributed by atoms with E-state index in [1.165, 1.54) is 12.8 Å². The largest absolute Gasteiger partial charge is 0.379 e. The zero-order valence-electron chi connectivity index (χ0n) is 11.9. The summed E-state index contributed by atoms with van der Waals surface area (Å²) < 4.78 is 11.4. The van der Waals surface area contributed by atoms with Crippen LogP contribution < -0.4 is 5.32 Å². The van der Waals surface area contributed by atoms with Crippen LogP contribution in [0, 0.1) is 11.8 Å². The molecule has 102 valence electrons. The molecule has 0 aliphatic heterocycles. The number of nitrogens with one attached hydrogen (secondary N) is 1. The minimum atomic E-state index is 0.318. The van der Waals surface area contributed by atoms with Crippen LogP contribution in [0.3, 0.4) is 0 Å². The second-order valence-corrected chi connectivity index (χ2v) is 5.80. The van der Waals surface area contributed by atoms with E-state index in [0.717, 1.165) is 19.2 Å². The predicted molar refractivity (Wildman–Crippen MR) is 71.3 cm³/mol. The number of hydrogen-bond donors (Lipinski definition) is 1. The Morgan fingerprint density at radius 3 is 2.35 bits per heavy atom. The molecule has 17 heavy (non-hydrogen) atoms. The van der Waals surface area contributed by atoms with E-state index < -0.39 is 0 Å². The van der Waals surface area contributed by atoms with Gasteiger partial charge in [0, 0.05) is 19.2 Å². The zero-order chi connectivity index (χ0) is 12.7. The SMILES string of the molecule is CC(C)COCCOC(CNC1CC1)C(C)C. The van der Waals surface area contributed by atoms with Crippen LogP contribution in [-0.4, -0.2) is 38.5 Å². The highest BCUT2D eigenvalue weighted by atomic mass is 16.5. The van der Waals surface area contributed by atoms with Gasteiger partial charge in [-0.05, 0) is 24.7 Å². The Morgan fingerprint density at radius 2 is 1.82 bits per heavy atom. The topological polar surface area (TPSA) is 30.5 Å². The molecule has 3 nitrogen and oxygen atoms in total. The monoisotopic (exact) mass is 243 g/mol. The van der Waals surface area contributed by atoms with Gasteiger partial charge in [0.25, 0.3) is 0 Å². The van der Waals surface area contributed by atoms with Crippen molar-refractivity contribution in [3.05, 3.63) is 0 Å². The molecule has 0 aromatic carbocycles. The maximum Gasteiger partial charge on any atom is 0.0723 e. The fraction of sp³-hybridized carbons (Fsp3) is 1.00. The maximum absolute atomic E-state index is 5.88. The third-order valence-electron chi connectivity index (χ3n) is 2.94. The molecule has 0 saturated heterocycles. The second-order valence-electron chi connectivity index (χ2n) is 5.80. The molecule has 0 spiro atoms. The molecular formula is C14H29NO2. The lowest BCUT2D eigenvalue weighted by Gasteiger charge is -2.22. The summed E-state index contributed by atoms with van der Waals surface area (Å²) in [7, 11) is 0. The van der Waals surface area contributed by atoms with Crippen molar-refractivity contribution < 1.29 is 9.47 Å². The van der Waals surface area contributed by atoms with E-state index in [9.17, 15) is 0 Å². The molecule has 1 fully saturated rings. The molecule has 1 aliphatic carbocycles. The fourth-order valence-corrected chi connectivity index (χ4v) is 1.63. The Hall–Kier alpha value is -0.120. The van der Waals surface area contributed by atoms with Crippen molar-refractivity contribution in [1.29, 1.82) is 0 Å². The third-order valence-corrected chi connectivity index (χ3v) is 2.94. The van der Waals surface area contributed by atoms with Crippen LogP contribution in [0.25, 0.3) is 0 Å². The average molecular weight is 243 g/mol. The van der Waals surface area contributed by atoms with Crippen molar-refractivity contribution in [3.8, 4) is 0 Å². The fourth-order valence-electron chi connectivity index (χ4n) is 1.63. The molecular weight excluding hydrogens is 214 g/mol. The van der Waals surface area contributed by atoms with Gasteiger partial charge in [-0.15, -0.1) is 0 Å².